The van der Waals surface area contributed by atoms with Gasteiger partial charge in [0.2, 0.25) is 5.91 Å². The predicted octanol–water partition coefficient (Wildman–Crippen LogP) is -0.315. The maximum absolute atomic E-state index is 11.4. The molecule has 0 aliphatic carbocycles. The number of nitrogens with one attached hydrogen (secondary N) is 1. The summed E-state index contributed by atoms with van der Waals surface area (Å²) in [5.41, 5.74) is 0.476. The molecule has 0 bridgehead atoms. The fourth-order valence-electron chi connectivity index (χ4n) is 1.34. The van der Waals surface area contributed by atoms with Gasteiger partial charge in [-0.1, -0.05) is 0 Å². The third kappa shape index (κ3) is 6.95. The molecule has 1 aromatic rings. The molecule has 1 N–H and O–H groups in total. The van der Waals surface area contributed by atoms with E-state index in [1.165, 1.54) is 4.90 Å². The number of carbonyl (C=O) groups excluding carboxylic acids is 3. The lowest BCUT2D eigenvalue weighted by Gasteiger charge is -2.11. The predicted molar refractivity (Wildman–Crippen MR) is 79.3 cm³/mol. The summed E-state index contributed by atoms with van der Waals surface area (Å²) >= 11 is 0. The Bertz CT molecular complexity index is 605. The molecular weight excluding hydrogens is 302 g/mol. The molecule has 0 aliphatic heterocycles. The van der Waals surface area contributed by atoms with Crippen LogP contribution in [0.15, 0.2) is 24.3 Å². The lowest BCUT2D eigenvalue weighted by molar-refractivity contribution is -0.150. The van der Waals surface area contributed by atoms with Crippen LogP contribution in [0.3, 0.4) is 0 Å². The van der Waals surface area contributed by atoms with Gasteiger partial charge in [-0.25, -0.2) is 4.79 Å². The molecule has 122 valence electrons. The molecule has 1 aromatic carbocycles. The van der Waals surface area contributed by atoms with Crippen LogP contribution < -0.4 is 10.1 Å². The zero-order chi connectivity index (χ0) is 17.2. The van der Waals surface area contributed by atoms with E-state index in [2.05, 4.69) is 5.32 Å². The van der Waals surface area contributed by atoms with Crippen molar-refractivity contribution in [2.75, 3.05) is 33.9 Å². The highest BCUT2D eigenvalue weighted by molar-refractivity contribution is 5.86. The van der Waals surface area contributed by atoms with Crippen molar-refractivity contribution in [1.29, 1.82) is 5.26 Å². The molecule has 8 nitrogen and oxygen atoms in total. The van der Waals surface area contributed by atoms with Crippen LogP contribution in [0.5, 0.6) is 5.75 Å². The molecule has 8 heteroatoms. The number of benzene rings is 1. The van der Waals surface area contributed by atoms with Gasteiger partial charge in [-0.2, -0.15) is 5.26 Å². The smallest absolute Gasteiger partial charge is 0.344 e. The van der Waals surface area contributed by atoms with Crippen molar-refractivity contribution in [1.82, 2.24) is 10.2 Å². The van der Waals surface area contributed by atoms with Crippen molar-refractivity contribution in [3.8, 4) is 11.8 Å². The zero-order valence-electron chi connectivity index (χ0n) is 12.9. The average Bonchev–Trinajstić information content (AvgIpc) is 2.56. The Labute approximate surface area is 133 Å². The number of likely N-dealkylation sites (N-methyl/N-ethyl adjacent to an activating group) is 1. The van der Waals surface area contributed by atoms with Gasteiger partial charge in [0.25, 0.3) is 5.91 Å². The van der Waals surface area contributed by atoms with Crippen LogP contribution >= 0.6 is 0 Å². The van der Waals surface area contributed by atoms with Crippen LogP contribution in [-0.4, -0.2) is 56.5 Å². The number of rotatable bonds is 7. The first-order valence-corrected chi connectivity index (χ1v) is 6.68. The van der Waals surface area contributed by atoms with Gasteiger partial charge in [0.05, 0.1) is 18.2 Å². The number of ether oxygens (including phenoxy) is 2. The molecule has 0 radical (unpaired) electrons. The summed E-state index contributed by atoms with van der Waals surface area (Å²) in [4.78, 5) is 35.4. The molecular formula is C15H17N3O5. The van der Waals surface area contributed by atoms with Crippen molar-refractivity contribution in [3.05, 3.63) is 29.8 Å². The Kier molecular flexibility index (Phi) is 7.07. The monoisotopic (exact) mass is 319 g/mol. The molecule has 23 heavy (non-hydrogen) atoms. The van der Waals surface area contributed by atoms with Gasteiger partial charge in [0.15, 0.2) is 13.2 Å². The number of hydrogen-bond donors (Lipinski definition) is 1. The number of hydrogen-bond acceptors (Lipinski definition) is 6. The van der Waals surface area contributed by atoms with Crippen molar-refractivity contribution < 1.29 is 23.9 Å². The first-order chi connectivity index (χ1) is 10.9. The highest BCUT2D eigenvalue weighted by Crippen LogP contribution is 2.11. The molecule has 0 aliphatic rings. The lowest BCUT2D eigenvalue weighted by Crippen LogP contribution is -2.38. The summed E-state index contributed by atoms with van der Waals surface area (Å²) in [6.07, 6.45) is 0. The number of carbonyl (C=O) groups is 3. The largest absolute Gasteiger partial charge is 0.482 e. The summed E-state index contributed by atoms with van der Waals surface area (Å²) < 4.78 is 9.86. The topological polar surface area (TPSA) is 109 Å². The average molecular weight is 319 g/mol. The van der Waals surface area contributed by atoms with Crippen LogP contribution in [-0.2, 0) is 19.1 Å². The third-order valence-electron chi connectivity index (χ3n) is 2.64. The van der Waals surface area contributed by atoms with Crippen molar-refractivity contribution in [2.45, 2.75) is 0 Å². The van der Waals surface area contributed by atoms with Gasteiger partial charge in [-0.15, -0.1) is 0 Å². The van der Waals surface area contributed by atoms with Crippen LogP contribution in [0.4, 0.5) is 0 Å². The maximum Gasteiger partial charge on any atom is 0.344 e. The Morgan fingerprint density at radius 2 is 1.83 bits per heavy atom. The van der Waals surface area contributed by atoms with E-state index in [1.807, 2.05) is 6.07 Å². The molecule has 0 spiro atoms. The summed E-state index contributed by atoms with van der Waals surface area (Å²) in [5, 5.41) is 11.0. The zero-order valence-corrected chi connectivity index (χ0v) is 12.9. The lowest BCUT2D eigenvalue weighted by atomic mass is 10.2. The standard InChI is InChI=1S/C15H17N3O5/c1-18(2)14(20)8-17-13(19)9-23-15(21)10-22-12-5-3-11(7-16)4-6-12/h3-6H,8-10H2,1-2H3,(H,17,19). The van der Waals surface area contributed by atoms with E-state index < -0.39 is 18.5 Å². The number of nitriles is 1. The molecule has 1 rings (SSSR count). The fraction of sp³-hybridized carbons (Fsp3) is 0.333. The SMILES string of the molecule is CN(C)C(=O)CNC(=O)COC(=O)COc1ccc(C#N)cc1. The van der Waals surface area contributed by atoms with E-state index >= 15 is 0 Å². The minimum absolute atomic E-state index is 0.162. The molecule has 0 unspecified atom stereocenters. The van der Waals surface area contributed by atoms with Crippen LogP contribution in [0.1, 0.15) is 5.56 Å². The highest BCUT2D eigenvalue weighted by Gasteiger charge is 2.10. The molecule has 0 saturated heterocycles. The number of amides is 2. The maximum atomic E-state index is 11.4. The van der Waals surface area contributed by atoms with Gasteiger partial charge < -0.3 is 19.7 Å². The van der Waals surface area contributed by atoms with Gasteiger partial charge in [0, 0.05) is 14.1 Å². The minimum atomic E-state index is -0.719. The Morgan fingerprint density at radius 1 is 1.17 bits per heavy atom. The molecule has 0 atom stereocenters. The van der Waals surface area contributed by atoms with Gasteiger partial charge in [0.1, 0.15) is 5.75 Å². The van der Waals surface area contributed by atoms with E-state index in [9.17, 15) is 14.4 Å². The molecule has 0 saturated carbocycles. The second kappa shape index (κ2) is 9.04. The highest BCUT2D eigenvalue weighted by atomic mass is 16.6. The molecule has 2 amide bonds. The van der Waals surface area contributed by atoms with Gasteiger partial charge in [-0.05, 0) is 24.3 Å². The first-order valence-electron chi connectivity index (χ1n) is 6.68. The normalized spacial score (nSPS) is 9.43. The van der Waals surface area contributed by atoms with Gasteiger partial charge >= 0.3 is 5.97 Å². The van der Waals surface area contributed by atoms with Crippen molar-refractivity contribution in [2.24, 2.45) is 0 Å². The summed E-state index contributed by atoms with van der Waals surface area (Å²) in [6.45, 7) is -1.02. The van der Waals surface area contributed by atoms with Gasteiger partial charge in [-0.3, -0.25) is 9.59 Å². The quantitative estimate of drug-likeness (QED) is 0.690. The van der Waals surface area contributed by atoms with Crippen LogP contribution in [0, 0.1) is 11.3 Å². The fourth-order valence-corrected chi connectivity index (χ4v) is 1.34. The Morgan fingerprint density at radius 3 is 2.39 bits per heavy atom. The number of nitrogens with zero attached hydrogens (tertiary/aromatic N) is 2. The third-order valence-corrected chi connectivity index (χ3v) is 2.64. The van der Waals surface area contributed by atoms with Crippen molar-refractivity contribution >= 4 is 17.8 Å². The second-order valence-corrected chi connectivity index (χ2v) is 4.65. The summed E-state index contributed by atoms with van der Waals surface area (Å²) in [7, 11) is 3.13. The van der Waals surface area contributed by atoms with E-state index in [0.29, 0.717) is 11.3 Å². The molecule has 0 fully saturated rings. The molecule has 0 aromatic heterocycles. The van der Waals surface area contributed by atoms with E-state index in [-0.39, 0.29) is 19.1 Å². The molecule has 0 heterocycles. The number of esters is 1. The summed E-state index contributed by atoms with van der Waals surface area (Å²) in [6, 6.07) is 8.16. The Hall–Kier alpha value is -3.08. The minimum Gasteiger partial charge on any atom is -0.482 e. The summed E-state index contributed by atoms with van der Waals surface area (Å²) in [5.74, 6) is -1.16. The van der Waals surface area contributed by atoms with Crippen LogP contribution in [0.2, 0.25) is 0 Å². The van der Waals surface area contributed by atoms with E-state index in [1.54, 1.807) is 38.4 Å². The van der Waals surface area contributed by atoms with E-state index in [0.717, 1.165) is 0 Å². The first kappa shape index (κ1) is 18.0. The Balaban J connectivity index is 2.24. The van der Waals surface area contributed by atoms with E-state index in [4.69, 9.17) is 14.7 Å². The van der Waals surface area contributed by atoms with Crippen molar-refractivity contribution in [3.63, 3.8) is 0 Å². The van der Waals surface area contributed by atoms with Crippen LogP contribution in [0.25, 0.3) is 0 Å². The second-order valence-electron chi connectivity index (χ2n) is 4.65.